The molecule has 0 saturated heterocycles. The maximum absolute atomic E-state index is 12.3. The van der Waals surface area contributed by atoms with E-state index in [0.717, 1.165) is 11.1 Å². The molecule has 2 aromatic rings. The van der Waals surface area contributed by atoms with E-state index >= 15 is 0 Å². The molecule has 0 aliphatic rings. The highest BCUT2D eigenvalue weighted by molar-refractivity contribution is 7.89. The summed E-state index contributed by atoms with van der Waals surface area (Å²) in [6.07, 6.45) is 0. The second-order valence-corrected chi connectivity index (χ2v) is 7.01. The third kappa shape index (κ3) is 4.41. The van der Waals surface area contributed by atoms with E-state index in [0.29, 0.717) is 13.2 Å². The maximum atomic E-state index is 12.3. The van der Waals surface area contributed by atoms with Crippen molar-refractivity contribution in [1.82, 2.24) is 10.0 Å². The van der Waals surface area contributed by atoms with Crippen LogP contribution >= 0.6 is 0 Å². The Labute approximate surface area is 141 Å². The molecule has 6 nitrogen and oxygen atoms in total. The zero-order valence-electron chi connectivity index (χ0n) is 13.6. The molecule has 0 spiro atoms. The monoisotopic (exact) mass is 348 g/mol. The predicted octanol–water partition coefficient (Wildman–Crippen LogP) is 1.67. The van der Waals surface area contributed by atoms with Crippen LogP contribution in [0.2, 0.25) is 0 Å². The summed E-state index contributed by atoms with van der Waals surface area (Å²) in [6, 6.07) is 13.6. The Kier molecular flexibility index (Phi) is 6.08. The second kappa shape index (κ2) is 8.05. The van der Waals surface area contributed by atoms with E-state index in [1.54, 1.807) is 13.2 Å². The van der Waals surface area contributed by atoms with Crippen LogP contribution in [-0.4, -0.2) is 28.5 Å². The number of carbonyl (C=O) groups is 1. The van der Waals surface area contributed by atoms with Gasteiger partial charge in [0.15, 0.2) is 0 Å². The third-order valence-electron chi connectivity index (χ3n) is 3.53. The highest BCUT2D eigenvalue weighted by atomic mass is 32.2. The van der Waals surface area contributed by atoms with Gasteiger partial charge in [0.05, 0.1) is 11.5 Å². The molecule has 0 aliphatic heterocycles. The molecule has 2 N–H and O–H groups in total. The minimum absolute atomic E-state index is 0.0532. The van der Waals surface area contributed by atoms with Gasteiger partial charge in [-0.25, -0.2) is 13.1 Å². The van der Waals surface area contributed by atoms with Crippen LogP contribution in [0.25, 0.3) is 0 Å². The lowest BCUT2D eigenvalue weighted by atomic mass is 10.1. The Hall–Kier alpha value is -2.22. The highest BCUT2D eigenvalue weighted by Crippen LogP contribution is 2.13. The molecule has 0 bridgehead atoms. The quantitative estimate of drug-likeness (QED) is 0.797. The van der Waals surface area contributed by atoms with Gasteiger partial charge in [-0.1, -0.05) is 30.3 Å². The van der Waals surface area contributed by atoms with Crippen LogP contribution < -0.4 is 10.0 Å². The highest BCUT2D eigenvalue weighted by Gasteiger charge is 2.14. The summed E-state index contributed by atoms with van der Waals surface area (Å²) in [4.78, 5) is 12.4. The zero-order chi connectivity index (χ0) is 17.6. The number of sulfonamides is 1. The number of carbonyl (C=O) groups excluding carboxylic acids is 1. The molecule has 128 valence electrons. The summed E-state index contributed by atoms with van der Waals surface area (Å²) in [5.74, 6) is -0.338. The van der Waals surface area contributed by atoms with Gasteiger partial charge in [-0.3, -0.25) is 4.79 Å². The summed E-state index contributed by atoms with van der Waals surface area (Å²) in [6.45, 7) is 0.795. The van der Waals surface area contributed by atoms with Crippen LogP contribution in [0.5, 0.6) is 0 Å². The smallest absolute Gasteiger partial charge is 0.251 e. The van der Waals surface area contributed by atoms with Gasteiger partial charge in [0.1, 0.15) is 0 Å². The van der Waals surface area contributed by atoms with E-state index in [2.05, 4.69) is 10.0 Å². The minimum atomic E-state index is -3.58. The number of hydrogen-bond acceptors (Lipinski definition) is 4. The first kappa shape index (κ1) is 18.1. The molecule has 1 amide bonds. The lowest BCUT2D eigenvalue weighted by molar-refractivity contribution is 0.0950. The summed E-state index contributed by atoms with van der Waals surface area (Å²) in [5.41, 5.74) is 2.23. The molecule has 0 aromatic heterocycles. The molecule has 2 aromatic carbocycles. The fraction of sp³-hybridized carbons (Fsp3) is 0.235. The first-order valence-corrected chi connectivity index (χ1v) is 8.84. The molecule has 0 heterocycles. The van der Waals surface area contributed by atoms with Crippen molar-refractivity contribution in [2.24, 2.45) is 0 Å². The van der Waals surface area contributed by atoms with Gasteiger partial charge >= 0.3 is 0 Å². The normalized spacial score (nSPS) is 11.2. The van der Waals surface area contributed by atoms with Crippen molar-refractivity contribution >= 4 is 15.9 Å². The number of amides is 1. The second-order valence-electron chi connectivity index (χ2n) is 5.12. The van der Waals surface area contributed by atoms with Crippen LogP contribution in [0.15, 0.2) is 53.4 Å². The summed E-state index contributed by atoms with van der Waals surface area (Å²) in [5, 5.41) is 2.80. The van der Waals surface area contributed by atoms with E-state index < -0.39 is 10.0 Å². The van der Waals surface area contributed by atoms with Gasteiger partial charge in [-0.05, 0) is 36.4 Å². The van der Waals surface area contributed by atoms with E-state index in [4.69, 9.17) is 4.74 Å². The molecule has 0 aliphatic carbocycles. The lowest BCUT2D eigenvalue weighted by Gasteiger charge is -2.11. The first-order chi connectivity index (χ1) is 11.5. The van der Waals surface area contributed by atoms with Crippen molar-refractivity contribution in [3.8, 4) is 0 Å². The van der Waals surface area contributed by atoms with Crippen LogP contribution in [0.1, 0.15) is 21.5 Å². The largest absolute Gasteiger partial charge is 0.380 e. The van der Waals surface area contributed by atoms with E-state index in [-0.39, 0.29) is 16.4 Å². The topological polar surface area (TPSA) is 84.5 Å². The maximum Gasteiger partial charge on any atom is 0.251 e. The summed E-state index contributed by atoms with van der Waals surface area (Å²) < 4.78 is 31.0. The van der Waals surface area contributed by atoms with E-state index in [1.807, 2.05) is 24.3 Å². The van der Waals surface area contributed by atoms with Crippen molar-refractivity contribution in [1.29, 1.82) is 0 Å². The Morgan fingerprint density at radius 1 is 1.08 bits per heavy atom. The molecule has 0 atom stereocenters. The van der Waals surface area contributed by atoms with Gasteiger partial charge < -0.3 is 10.1 Å². The SMILES string of the molecule is CNS(=O)(=O)c1cccc(C(=O)NCc2ccccc2COC)c1. The molecule has 7 heteroatoms. The molecule has 0 unspecified atom stereocenters. The molecule has 0 radical (unpaired) electrons. The van der Waals surface area contributed by atoms with Gasteiger partial charge in [0.25, 0.3) is 5.91 Å². The van der Waals surface area contributed by atoms with E-state index in [1.165, 1.54) is 25.2 Å². The average Bonchev–Trinajstić information content (AvgIpc) is 2.61. The van der Waals surface area contributed by atoms with Crippen molar-refractivity contribution in [2.75, 3.05) is 14.2 Å². The number of benzene rings is 2. The molecule has 0 saturated carbocycles. The molecule has 2 rings (SSSR count). The average molecular weight is 348 g/mol. The lowest BCUT2D eigenvalue weighted by Crippen LogP contribution is -2.24. The van der Waals surface area contributed by atoms with Crippen LogP contribution in [-0.2, 0) is 27.9 Å². The van der Waals surface area contributed by atoms with Crippen LogP contribution in [0.4, 0.5) is 0 Å². The Morgan fingerprint density at radius 2 is 1.79 bits per heavy atom. The summed E-state index contributed by atoms with van der Waals surface area (Å²) in [7, 11) is -0.640. The van der Waals surface area contributed by atoms with Crippen LogP contribution in [0, 0.1) is 0 Å². The van der Waals surface area contributed by atoms with Crippen LogP contribution in [0.3, 0.4) is 0 Å². The third-order valence-corrected chi connectivity index (χ3v) is 4.94. The number of nitrogens with one attached hydrogen (secondary N) is 2. The van der Waals surface area contributed by atoms with Gasteiger partial charge in [0.2, 0.25) is 10.0 Å². The van der Waals surface area contributed by atoms with E-state index in [9.17, 15) is 13.2 Å². The number of hydrogen-bond donors (Lipinski definition) is 2. The molecular formula is C17H20N2O4S. The van der Waals surface area contributed by atoms with Gasteiger partial charge in [-0.15, -0.1) is 0 Å². The fourth-order valence-electron chi connectivity index (χ4n) is 2.23. The Balaban J connectivity index is 2.13. The van der Waals surface area contributed by atoms with Crippen molar-refractivity contribution in [2.45, 2.75) is 18.0 Å². The number of rotatable bonds is 7. The standard InChI is InChI=1S/C17H20N2O4S/c1-18-24(21,22)16-9-5-8-13(10-16)17(20)19-11-14-6-3-4-7-15(14)12-23-2/h3-10,18H,11-12H2,1-2H3,(H,19,20). The Bertz CT molecular complexity index is 819. The molecule has 24 heavy (non-hydrogen) atoms. The zero-order valence-corrected chi connectivity index (χ0v) is 14.4. The Morgan fingerprint density at radius 3 is 2.46 bits per heavy atom. The summed E-state index contributed by atoms with van der Waals surface area (Å²) >= 11 is 0. The van der Waals surface area contributed by atoms with Crippen molar-refractivity contribution in [3.63, 3.8) is 0 Å². The van der Waals surface area contributed by atoms with Crippen molar-refractivity contribution in [3.05, 3.63) is 65.2 Å². The molecular weight excluding hydrogens is 328 g/mol. The van der Waals surface area contributed by atoms with Crippen molar-refractivity contribution < 1.29 is 17.9 Å². The minimum Gasteiger partial charge on any atom is -0.380 e. The number of methoxy groups -OCH3 is 1. The number of ether oxygens (including phenoxy) is 1. The van der Waals surface area contributed by atoms with Gasteiger partial charge in [0, 0.05) is 19.2 Å². The molecule has 0 fully saturated rings. The van der Waals surface area contributed by atoms with Gasteiger partial charge in [-0.2, -0.15) is 0 Å². The fourth-order valence-corrected chi connectivity index (χ4v) is 3.00. The first-order valence-electron chi connectivity index (χ1n) is 7.35. The predicted molar refractivity (Wildman–Crippen MR) is 91.0 cm³/mol.